The molecule has 0 radical (unpaired) electrons. The summed E-state index contributed by atoms with van der Waals surface area (Å²) in [5.41, 5.74) is 2.45. The van der Waals surface area contributed by atoms with Gasteiger partial charge >= 0.3 is 0 Å². The van der Waals surface area contributed by atoms with E-state index in [0.717, 1.165) is 30.4 Å². The number of unbranched alkanes of at least 4 members (excludes halogenated alkanes) is 1. The first-order chi connectivity index (χ1) is 11.7. The molecule has 3 aromatic carbocycles. The van der Waals surface area contributed by atoms with E-state index in [1.807, 2.05) is 42.5 Å². The summed E-state index contributed by atoms with van der Waals surface area (Å²) in [7, 11) is 1.68. The number of halogens is 1. The normalized spacial score (nSPS) is 12.3. The van der Waals surface area contributed by atoms with Gasteiger partial charge in [0.05, 0.1) is 7.11 Å². The molecule has 0 N–H and O–H groups in total. The summed E-state index contributed by atoms with van der Waals surface area (Å²) in [5, 5.41) is 1.71. The van der Waals surface area contributed by atoms with Gasteiger partial charge in [0.1, 0.15) is 11.6 Å². The van der Waals surface area contributed by atoms with Gasteiger partial charge in [-0.25, -0.2) is 4.39 Å². The van der Waals surface area contributed by atoms with E-state index in [1.54, 1.807) is 13.2 Å². The fourth-order valence-corrected chi connectivity index (χ4v) is 3.34. The molecule has 1 nitrogen and oxygen atoms in total. The predicted octanol–water partition coefficient (Wildman–Crippen LogP) is 6.31. The lowest BCUT2D eigenvalue weighted by atomic mass is 9.84. The SMILES string of the molecule is CCCCC(c1ccc(OC)cc1)c1ccc(F)c2ccccc12. The molecule has 0 aliphatic carbocycles. The van der Waals surface area contributed by atoms with Gasteiger partial charge in [0, 0.05) is 11.3 Å². The Labute approximate surface area is 143 Å². The van der Waals surface area contributed by atoms with Crippen molar-refractivity contribution in [3.05, 3.63) is 77.6 Å². The minimum absolute atomic E-state index is 0.154. The highest BCUT2D eigenvalue weighted by Crippen LogP contribution is 2.36. The average molecular weight is 322 g/mol. The minimum atomic E-state index is -0.154. The molecule has 0 heterocycles. The molecule has 2 heteroatoms. The first kappa shape index (κ1) is 16.5. The van der Waals surface area contributed by atoms with Crippen LogP contribution in [0.3, 0.4) is 0 Å². The fraction of sp³-hybridized carbons (Fsp3) is 0.273. The Bertz CT molecular complexity index is 808. The summed E-state index contributed by atoms with van der Waals surface area (Å²) in [6, 6.07) is 19.5. The van der Waals surface area contributed by atoms with E-state index >= 15 is 0 Å². The van der Waals surface area contributed by atoms with Crippen LogP contribution in [0.5, 0.6) is 5.75 Å². The molecule has 0 aromatic heterocycles. The molecule has 0 amide bonds. The molecule has 3 aromatic rings. The number of methoxy groups -OCH3 is 1. The zero-order chi connectivity index (χ0) is 16.9. The maximum Gasteiger partial charge on any atom is 0.131 e. The van der Waals surface area contributed by atoms with Crippen LogP contribution in [0.15, 0.2) is 60.7 Å². The number of ether oxygens (including phenoxy) is 1. The molecule has 1 unspecified atom stereocenters. The van der Waals surface area contributed by atoms with E-state index in [4.69, 9.17) is 4.74 Å². The number of hydrogen-bond acceptors (Lipinski definition) is 1. The van der Waals surface area contributed by atoms with Gasteiger partial charge < -0.3 is 4.74 Å². The van der Waals surface area contributed by atoms with Gasteiger partial charge in [0.2, 0.25) is 0 Å². The first-order valence-electron chi connectivity index (χ1n) is 8.55. The highest BCUT2D eigenvalue weighted by molar-refractivity contribution is 5.87. The predicted molar refractivity (Wildman–Crippen MR) is 98.3 cm³/mol. The van der Waals surface area contributed by atoms with Crippen molar-refractivity contribution in [3.63, 3.8) is 0 Å². The largest absolute Gasteiger partial charge is 0.497 e. The van der Waals surface area contributed by atoms with E-state index in [-0.39, 0.29) is 11.7 Å². The third-order valence-corrected chi connectivity index (χ3v) is 4.64. The topological polar surface area (TPSA) is 9.23 Å². The van der Waals surface area contributed by atoms with Crippen LogP contribution in [-0.4, -0.2) is 7.11 Å². The maximum atomic E-state index is 14.2. The van der Waals surface area contributed by atoms with Crippen molar-refractivity contribution in [2.24, 2.45) is 0 Å². The van der Waals surface area contributed by atoms with Crippen LogP contribution in [0, 0.1) is 5.82 Å². The summed E-state index contributed by atoms with van der Waals surface area (Å²) in [6.45, 7) is 2.20. The molecule has 0 fully saturated rings. The van der Waals surface area contributed by atoms with E-state index in [9.17, 15) is 4.39 Å². The zero-order valence-electron chi connectivity index (χ0n) is 14.3. The van der Waals surface area contributed by atoms with Crippen LogP contribution < -0.4 is 4.74 Å². The van der Waals surface area contributed by atoms with Gasteiger partial charge in [0.15, 0.2) is 0 Å². The molecule has 1 atom stereocenters. The standard InChI is InChI=1S/C22H23FO/c1-3-4-7-18(16-10-12-17(24-2)13-11-16)20-14-15-22(23)21-9-6-5-8-19(20)21/h5-6,8-15,18H,3-4,7H2,1-2H3. The molecule has 0 aliphatic heterocycles. The molecule has 24 heavy (non-hydrogen) atoms. The summed E-state index contributed by atoms with van der Waals surface area (Å²) in [4.78, 5) is 0. The van der Waals surface area contributed by atoms with Crippen molar-refractivity contribution >= 4 is 10.8 Å². The van der Waals surface area contributed by atoms with Crippen LogP contribution in [0.1, 0.15) is 43.2 Å². The molecule has 0 aliphatic rings. The Kier molecular flexibility index (Phi) is 5.14. The lowest BCUT2D eigenvalue weighted by molar-refractivity contribution is 0.414. The molecule has 0 saturated carbocycles. The minimum Gasteiger partial charge on any atom is -0.497 e. The number of hydrogen-bond donors (Lipinski definition) is 0. The molecule has 124 valence electrons. The molecule has 0 saturated heterocycles. The third kappa shape index (κ3) is 3.28. The Morgan fingerprint density at radius 1 is 0.917 bits per heavy atom. The van der Waals surface area contributed by atoms with Crippen LogP contribution >= 0.6 is 0 Å². The van der Waals surface area contributed by atoms with Crippen molar-refractivity contribution in [3.8, 4) is 5.75 Å². The molecule has 3 rings (SSSR count). The quantitative estimate of drug-likeness (QED) is 0.517. The Morgan fingerprint density at radius 2 is 1.62 bits per heavy atom. The summed E-state index contributed by atoms with van der Waals surface area (Å²) in [5.74, 6) is 0.969. The molecule has 0 bridgehead atoms. The molecular weight excluding hydrogens is 299 g/mol. The van der Waals surface area contributed by atoms with Gasteiger partial charge in [-0.2, -0.15) is 0 Å². The number of rotatable bonds is 6. The smallest absolute Gasteiger partial charge is 0.131 e. The van der Waals surface area contributed by atoms with Gasteiger partial charge in [-0.15, -0.1) is 0 Å². The Balaban J connectivity index is 2.10. The Morgan fingerprint density at radius 3 is 2.29 bits per heavy atom. The monoisotopic (exact) mass is 322 g/mol. The lowest BCUT2D eigenvalue weighted by Crippen LogP contribution is -2.03. The van der Waals surface area contributed by atoms with E-state index < -0.39 is 0 Å². The first-order valence-corrected chi connectivity index (χ1v) is 8.55. The summed E-state index contributed by atoms with van der Waals surface area (Å²) in [6.07, 6.45) is 3.34. The van der Waals surface area contributed by atoms with E-state index in [0.29, 0.717) is 5.39 Å². The highest BCUT2D eigenvalue weighted by atomic mass is 19.1. The number of benzene rings is 3. The average Bonchev–Trinajstić information content (AvgIpc) is 2.64. The van der Waals surface area contributed by atoms with Gasteiger partial charge in [0.25, 0.3) is 0 Å². The van der Waals surface area contributed by atoms with Crippen molar-refractivity contribution in [1.82, 2.24) is 0 Å². The third-order valence-electron chi connectivity index (χ3n) is 4.64. The van der Waals surface area contributed by atoms with Crippen LogP contribution in [0.4, 0.5) is 4.39 Å². The maximum absolute atomic E-state index is 14.2. The molecular formula is C22H23FO. The van der Waals surface area contributed by atoms with E-state index in [2.05, 4.69) is 19.1 Å². The van der Waals surface area contributed by atoms with Crippen molar-refractivity contribution < 1.29 is 9.13 Å². The lowest BCUT2D eigenvalue weighted by Gasteiger charge is -2.20. The summed E-state index contributed by atoms with van der Waals surface area (Å²) < 4.78 is 19.4. The fourth-order valence-electron chi connectivity index (χ4n) is 3.34. The summed E-state index contributed by atoms with van der Waals surface area (Å²) >= 11 is 0. The van der Waals surface area contributed by atoms with E-state index in [1.165, 1.54) is 11.1 Å². The van der Waals surface area contributed by atoms with Gasteiger partial charge in [-0.1, -0.05) is 62.2 Å². The second kappa shape index (κ2) is 7.48. The Hall–Kier alpha value is -2.35. The van der Waals surface area contributed by atoms with Crippen LogP contribution in [-0.2, 0) is 0 Å². The second-order valence-electron chi connectivity index (χ2n) is 6.15. The van der Waals surface area contributed by atoms with Gasteiger partial charge in [-0.3, -0.25) is 0 Å². The molecule has 0 spiro atoms. The second-order valence-corrected chi connectivity index (χ2v) is 6.15. The van der Waals surface area contributed by atoms with Crippen molar-refractivity contribution in [2.45, 2.75) is 32.1 Å². The van der Waals surface area contributed by atoms with Crippen LogP contribution in [0.2, 0.25) is 0 Å². The van der Waals surface area contributed by atoms with Crippen molar-refractivity contribution in [2.75, 3.05) is 7.11 Å². The number of fused-ring (bicyclic) bond motifs is 1. The van der Waals surface area contributed by atoms with Gasteiger partial charge in [-0.05, 0) is 41.1 Å². The highest BCUT2D eigenvalue weighted by Gasteiger charge is 2.17. The van der Waals surface area contributed by atoms with Crippen LogP contribution in [0.25, 0.3) is 10.8 Å². The van der Waals surface area contributed by atoms with Crippen molar-refractivity contribution in [1.29, 1.82) is 0 Å². The zero-order valence-corrected chi connectivity index (χ0v) is 14.3.